The van der Waals surface area contributed by atoms with Gasteiger partial charge in [-0.1, -0.05) is 70.1 Å². The van der Waals surface area contributed by atoms with Crippen LogP contribution in [-0.4, -0.2) is 38.9 Å². The molecular weight excluding hydrogens is 340 g/mol. The van der Waals surface area contributed by atoms with Crippen LogP contribution in [0.2, 0.25) is 0 Å². The van der Waals surface area contributed by atoms with Crippen LogP contribution in [0.15, 0.2) is 24.3 Å². The predicted octanol–water partition coefficient (Wildman–Crippen LogP) is 4.62. The summed E-state index contributed by atoms with van der Waals surface area (Å²) in [5.41, 5.74) is -1.61. The molecule has 0 aliphatic heterocycles. The highest BCUT2D eigenvalue weighted by molar-refractivity contribution is 5.97. The lowest BCUT2D eigenvalue weighted by atomic mass is 9.81. The van der Waals surface area contributed by atoms with E-state index >= 15 is 0 Å². The number of aliphatic hydroxyl groups is 3. The fraction of sp³-hybridized carbons (Fsp3) is 0.783. The fourth-order valence-electron chi connectivity index (χ4n) is 3.64. The van der Waals surface area contributed by atoms with Crippen LogP contribution >= 0.6 is 0 Å². The molecule has 1 rings (SSSR count). The summed E-state index contributed by atoms with van der Waals surface area (Å²) in [4.78, 5) is 11.8. The molecule has 1 aliphatic carbocycles. The van der Waals surface area contributed by atoms with E-state index in [0.29, 0.717) is 6.42 Å². The molecule has 0 bridgehead atoms. The normalized spacial score (nSPS) is 24.0. The van der Waals surface area contributed by atoms with E-state index in [-0.39, 0.29) is 12.8 Å². The third-order valence-electron chi connectivity index (χ3n) is 5.35. The van der Waals surface area contributed by atoms with E-state index in [0.717, 1.165) is 25.7 Å². The van der Waals surface area contributed by atoms with Gasteiger partial charge >= 0.3 is 0 Å². The standard InChI is InChI=1S/C23H40O4/c1-2-3-4-5-6-7-8-9-10-11-12-13-14-15-20(24)18-23(27)19-21(25)16-17-22(23)26/h7-8,16-17,20-21,24-25,27H,2-6,9-15,18-19H2,1H3. The van der Waals surface area contributed by atoms with Gasteiger partial charge in [0.05, 0.1) is 12.2 Å². The Hall–Kier alpha value is -0.970. The lowest BCUT2D eigenvalue weighted by Gasteiger charge is -2.31. The van der Waals surface area contributed by atoms with Crippen molar-refractivity contribution in [3.05, 3.63) is 24.3 Å². The van der Waals surface area contributed by atoms with Crippen LogP contribution < -0.4 is 0 Å². The number of carbonyl (C=O) groups is 1. The monoisotopic (exact) mass is 380 g/mol. The molecular formula is C23H40O4. The molecule has 156 valence electrons. The second kappa shape index (κ2) is 14.1. The largest absolute Gasteiger partial charge is 0.393 e. The Balaban J connectivity index is 1.99. The van der Waals surface area contributed by atoms with Crippen molar-refractivity contribution in [1.82, 2.24) is 0 Å². The molecule has 0 aromatic carbocycles. The molecule has 0 fully saturated rings. The van der Waals surface area contributed by atoms with Gasteiger partial charge in [-0.2, -0.15) is 0 Å². The van der Waals surface area contributed by atoms with Crippen LogP contribution in [0.1, 0.15) is 96.8 Å². The van der Waals surface area contributed by atoms with Gasteiger partial charge in [0.1, 0.15) is 5.60 Å². The minimum absolute atomic E-state index is 0.0102. The maximum atomic E-state index is 11.8. The van der Waals surface area contributed by atoms with Gasteiger partial charge in [0.15, 0.2) is 5.78 Å². The Kier molecular flexibility index (Phi) is 12.6. The minimum atomic E-state index is -1.61. The molecule has 0 aromatic heterocycles. The summed E-state index contributed by atoms with van der Waals surface area (Å²) in [6.45, 7) is 2.24. The zero-order valence-corrected chi connectivity index (χ0v) is 17.1. The van der Waals surface area contributed by atoms with Gasteiger partial charge in [0.25, 0.3) is 0 Å². The first kappa shape index (κ1) is 24.1. The lowest BCUT2D eigenvalue weighted by Crippen LogP contribution is -2.45. The second-order valence-corrected chi connectivity index (χ2v) is 8.05. The number of carbonyl (C=O) groups excluding carboxylic acids is 1. The van der Waals surface area contributed by atoms with Crippen molar-refractivity contribution in [3.8, 4) is 0 Å². The Bertz CT molecular complexity index is 457. The van der Waals surface area contributed by atoms with E-state index in [2.05, 4.69) is 19.1 Å². The molecule has 0 spiro atoms. The molecule has 4 heteroatoms. The van der Waals surface area contributed by atoms with E-state index in [4.69, 9.17) is 0 Å². The minimum Gasteiger partial charge on any atom is -0.393 e. The van der Waals surface area contributed by atoms with Gasteiger partial charge in [-0.25, -0.2) is 0 Å². The number of unbranched alkanes of at least 4 members (excludes halogenated alkanes) is 9. The molecule has 1 aliphatic rings. The molecule has 0 radical (unpaired) electrons. The number of rotatable bonds is 15. The highest BCUT2D eigenvalue weighted by Crippen LogP contribution is 2.27. The summed E-state index contributed by atoms with van der Waals surface area (Å²) in [5.74, 6) is -0.412. The Labute approximate surface area is 165 Å². The third kappa shape index (κ3) is 10.8. The Morgan fingerprint density at radius 3 is 2.33 bits per heavy atom. The third-order valence-corrected chi connectivity index (χ3v) is 5.35. The number of hydrogen-bond donors (Lipinski definition) is 3. The highest BCUT2D eigenvalue weighted by atomic mass is 16.3. The Morgan fingerprint density at radius 1 is 1.07 bits per heavy atom. The van der Waals surface area contributed by atoms with Gasteiger partial charge in [0.2, 0.25) is 0 Å². The van der Waals surface area contributed by atoms with E-state index in [1.54, 1.807) is 0 Å². The fourth-order valence-corrected chi connectivity index (χ4v) is 3.64. The number of allylic oxidation sites excluding steroid dienone is 2. The number of aliphatic hydroxyl groups excluding tert-OH is 2. The van der Waals surface area contributed by atoms with E-state index in [1.807, 2.05) is 0 Å². The molecule has 3 atom stereocenters. The van der Waals surface area contributed by atoms with Gasteiger partial charge in [-0.05, 0) is 38.2 Å². The van der Waals surface area contributed by atoms with Gasteiger partial charge in [0, 0.05) is 12.8 Å². The van der Waals surface area contributed by atoms with Crippen molar-refractivity contribution in [2.24, 2.45) is 0 Å². The summed E-state index contributed by atoms with van der Waals surface area (Å²) < 4.78 is 0. The van der Waals surface area contributed by atoms with Gasteiger partial charge in [-0.3, -0.25) is 4.79 Å². The van der Waals surface area contributed by atoms with Crippen LogP contribution in [0.4, 0.5) is 0 Å². The van der Waals surface area contributed by atoms with Crippen LogP contribution in [0.25, 0.3) is 0 Å². The van der Waals surface area contributed by atoms with E-state index in [1.165, 1.54) is 57.1 Å². The molecule has 4 nitrogen and oxygen atoms in total. The smallest absolute Gasteiger partial charge is 0.187 e. The molecule has 0 aromatic rings. The van der Waals surface area contributed by atoms with Crippen molar-refractivity contribution in [2.45, 2.75) is 115 Å². The molecule has 0 amide bonds. The molecule has 0 saturated heterocycles. The topological polar surface area (TPSA) is 77.8 Å². The van der Waals surface area contributed by atoms with Crippen molar-refractivity contribution in [1.29, 1.82) is 0 Å². The highest BCUT2D eigenvalue weighted by Gasteiger charge is 2.40. The van der Waals surface area contributed by atoms with Gasteiger partial charge < -0.3 is 15.3 Å². The molecule has 3 N–H and O–H groups in total. The van der Waals surface area contributed by atoms with Crippen LogP contribution in [0.3, 0.4) is 0 Å². The average molecular weight is 381 g/mol. The zero-order chi connectivity index (χ0) is 20.0. The second-order valence-electron chi connectivity index (χ2n) is 8.05. The predicted molar refractivity (Wildman–Crippen MR) is 111 cm³/mol. The van der Waals surface area contributed by atoms with Crippen molar-refractivity contribution in [3.63, 3.8) is 0 Å². The molecule has 0 heterocycles. The zero-order valence-electron chi connectivity index (χ0n) is 17.1. The van der Waals surface area contributed by atoms with Crippen molar-refractivity contribution < 1.29 is 20.1 Å². The summed E-state index contributed by atoms with van der Waals surface area (Å²) in [6.07, 6.45) is 19.5. The van der Waals surface area contributed by atoms with Crippen LogP contribution in [0.5, 0.6) is 0 Å². The van der Waals surface area contributed by atoms with Gasteiger partial charge in [-0.15, -0.1) is 0 Å². The summed E-state index contributed by atoms with van der Waals surface area (Å²) in [7, 11) is 0. The molecule has 27 heavy (non-hydrogen) atoms. The Morgan fingerprint density at radius 2 is 1.67 bits per heavy atom. The summed E-state index contributed by atoms with van der Waals surface area (Å²) >= 11 is 0. The van der Waals surface area contributed by atoms with E-state index < -0.39 is 23.6 Å². The van der Waals surface area contributed by atoms with Crippen molar-refractivity contribution >= 4 is 5.78 Å². The summed E-state index contributed by atoms with van der Waals surface area (Å²) in [5, 5.41) is 30.1. The lowest BCUT2D eigenvalue weighted by molar-refractivity contribution is -0.140. The first-order valence-corrected chi connectivity index (χ1v) is 10.9. The SMILES string of the molecule is CCCCCCC=CCCCCCCCC(O)CC1(O)CC(O)C=CC1=O. The maximum absolute atomic E-state index is 11.8. The quantitative estimate of drug-likeness (QED) is 0.286. The maximum Gasteiger partial charge on any atom is 0.187 e. The van der Waals surface area contributed by atoms with Crippen molar-refractivity contribution in [2.75, 3.05) is 0 Å². The van der Waals surface area contributed by atoms with Crippen LogP contribution in [0, 0.1) is 0 Å². The molecule has 0 saturated carbocycles. The number of hydrogen-bond acceptors (Lipinski definition) is 4. The average Bonchev–Trinajstić information content (AvgIpc) is 2.62. The van der Waals surface area contributed by atoms with Crippen LogP contribution in [-0.2, 0) is 4.79 Å². The summed E-state index contributed by atoms with van der Waals surface area (Å²) in [6, 6.07) is 0. The first-order chi connectivity index (χ1) is 13.0. The number of ketones is 1. The first-order valence-electron chi connectivity index (χ1n) is 10.9. The van der Waals surface area contributed by atoms with E-state index in [9.17, 15) is 20.1 Å². The molecule has 3 unspecified atom stereocenters.